The molecule has 0 bridgehead atoms. The Hall–Kier alpha value is -3.67. The number of allylic oxidation sites excluding steroid dienone is 16. The second kappa shape index (κ2) is 54.9. The highest BCUT2D eigenvalue weighted by molar-refractivity contribution is 5.71. The number of carbonyl (C=O) groups is 3. The van der Waals surface area contributed by atoms with Gasteiger partial charge >= 0.3 is 17.9 Å². The van der Waals surface area contributed by atoms with Crippen molar-refractivity contribution in [3.63, 3.8) is 0 Å². The number of unbranched alkanes of at least 4 members (excludes halogenated alkanes) is 22. The van der Waals surface area contributed by atoms with E-state index in [0.29, 0.717) is 12.8 Å². The van der Waals surface area contributed by atoms with Gasteiger partial charge in [0.2, 0.25) is 0 Å². The fraction of sp³-hybridized carbons (Fsp3) is 0.689. The van der Waals surface area contributed by atoms with E-state index in [9.17, 15) is 14.4 Å². The van der Waals surface area contributed by atoms with E-state index in [1.165, 1.54) is 116 Å². The van der Waals surface area contributed by atoms with Crippen LogP contribution in [0.25, 0.3) is 0 Å². The zero-order chi connectivity index (χ0) is 48.6. The Morgan fingerprint density at radius 3 is 0.940 bits per heavy atom. The van der Waals surface area contributed by atoms with E-state index in [-0.39, 0.29) is 44.0 Å². The first-order valence-corrected chi connectivity index (χ1v) is 27.7. The van der Waals surface area contributed by atoms with Crippen molar-refractivity contribution in [1.29, 1.82) is 0 Å². The molecule has 0 unspecified atom stereocenters. The van der Waals surface area contributed by atoms with Crippen LogP contribution in [0.3, 0.4) is 0 Å². The molecular formula is C61H102O6. The number of ether oxygens (including phenoxy) is 3. The van der Waals surface area contributed by atoms with E-state index in [1.54, 1.807) is 0 Å². The van der Waals surface area contributed by atoms with Crippen molar-refractivity contribution in [1.82, 2.24) is 0 Å². The highest BCUT2D eigenvalue weighted by Gasteiger charge is 2.19. The van der Waals surface area contributed by atoms with E-state index < -0.39 is 6.10 Å². The zero-order valence-corrected chi connectivity index (χ0v) is 43.6. The predicted octanol–water partition coefficient (Wildman–Crippen LogP) is 18.5. The molecule has 382 valence electrons. The van der Waals surface area contributed by atoms with E-state index in [2.05, 4.69) is 118 Å². The predicted molar refractivity (Wildman–Crippen MR) is 288 cm³/mol. The molecule has 0 amide bonds. The van der Waals surface area contributed by atoms with Crippen molar-refractivity contribution < 1.29 is 28.6 Å². The summed E-state index contributed by atoms with van der Waals surface area (Å²) < 4.78 is 16.8. The number of esters is 3. The molecule has 6 nitrogen and oxygen atoms in total. The fourth-order valence-electron chi connectivity index (χ4n) is 7.32. The van der Waals surface area contributed by atoms with Crippen molar-refractivity contribution in [2.45, 2.75) is 258 Å². The van der Waals surface area contributed by atoms with Gasteiger partial charge in [0.25, 0.3) is 0 Å². The average molecular weight is 931 g/mol. The summed E-state index contributed by atoms with van der Waals surface area (Å²) in [5.74, 6) is -0.991. The summed E-state index contributed by atoms with van der Waals surface area (Å²) in [6.07, 6.45) is 72.5. The van der Waals surface area contributed by atoms with E-state index in [0.717, 1.165) is 89.9 Å². The van der Waals surface area contributed by atoms with Gasteiger partial charge < -0.3 is 14.2 Å². The van der Waals surface area contributed by atoms with E-state index >= 15 is 0 Å². The topological polar surface area (TPSA) is 78.9 Å². The third-order valence-corrected chi connectivity index (χ3v) is 11.5. The Bertz CT molecular complexity index is 1350. The minimum Gasteiger partial charge on any atom is -0.462 e. The van der Waals surface area contributed by atoms with Crippen LogP contribution < -0.4 is 0 Å². The quantitative estimate of drug-likeness (QED) is 0.0262. The van der Waals surface area contributed by atoms with Crippen molar-refractivity contribution in [2.75, 3.05) is 13.2 Å². The smallest absolute Gasteiger partial charge is 0.306 e. The third kappa shape index (κ3) is 53.2. The molecule has 0 aliphatic carbocycles. The lowest BCUT2D eigenvalue weighted by atomic mass is 10.1. The molecule has 0 heterocycles. The molecule has 0 radical (unpaired) electrons. The SMILES string of the molecule is CCCCC/C=C/C/C=C/C/C=C/C/C=C/CCCC(=O)OC[C@@H](COC(=O)CCCCCCCCC/C=C/CCCCCC)OC(=O)CCCCCC/C=C/C/C=C/C/C=C/CCCCC. The lowest BCUT2D eigenvalue weighted by molar-refractivity contribution is -0.167. The summed E-state index contributed by atoms with van der Waals surface area (Å²) in [5.41, 5.74) is 0. The first-order chi connectivity index (χ1) is 33.0. The lowest BCUT2D eigenvalue weighted by Gasteiger charge is -2.18. The van der Waals surface area contributed by atoms with Crippen molar-refractivity contribution in [3.8, 4) is 0 Å². The molecule has 67 heavy (non-hydrogen) atoms. The van der Waals surface area contributed by atoms with Gasteiger partial charge in [-0.25, -0.2) is 0 Å². The van der Waals surface area contributed by atoms with Gasteiger partial charge in [0.1, 0.15) is 13.2 Å². The number of rotatable bonds is 49. The lowest BCUT2D eigenvalue weighted by Crippen LogP contribution is -2.30. The van der Waals surface area contributed by atoms with Crippen molar-refractivity contribution in [2.24, 2.45) is 0 Å². The van der Waals surface area contributed by atoms with Gasteiger partial charge in [-0.05, 0) is 122 Å². The van der Waals surface area contributed by atoms with Crippen LogP contribution in [-0.4, -0.2) is 37.2 Å². The molecule has 0 aromatic rings. The Kier molecular flexibility index (Phi) is 51.9. The Balaban J connectivity index is 4.53. The van der Waals surface area contributed by atoms with Crippen molar-refractivity contribution in [3.05, 3.63) is 97.2 Å². The molecule has 0 N–H and O–H groups in total. The molecule has 0 aromatic heterocycles. The largest absolute Gasteiger partial charge is 0.462 e. The van der Waals surface area contributed by atoms with Crippen LogP contribution >= 0.6 is 0 Å². The highest BCUT2D eigenvalue weighted by Crippen LogP contribution is 2.13. The van der Waals surface area contributed by atoms with Gasteiger partial charge in [-0.1, -0.05) is 208 Å². The molecule has 0 rings (SSSR count). The zero-order valence-electron chi connectivity index (χ0n) is 43.6. The van der Waals surface area contributed by atoms with Crippen LogP contribution in [0.4, 0.5) is 0 Å². The van der Waals surface area contributed by atoms with Gasteiger partial charge in [0.05, 0.1) is 0 Å². The summed E-state index contributed by atoms with van der Waals surface area (Å²) >= 11 is 0. The Morgan fingerprint density at radius 1 is 0.299 bits per heavy atom. The molecule has 1 atom stereocenters. The summed E-state index contributed by atoms with van der Waals surface area (Å²) in [6, 6.07) is 0. The number of hydrogen-bond donors (Lipinski definition) is 0. The van der Waals surface area contributed by atoms with Gasteiger partial charge in [0, 0.05) is 19.3 Å². The molecule has 6 heteroatoms. The minimum atomic E-state index is -0.814. The molecule has 0 aliphatic heterocycles. The van der Waals surface area contributed by atoms with Gasteiger partial charge in [-0.3, -0.25) is 14.4 Å². The van der Waals surface area contributed by atoms with Crippen LogP contribution in [0.1, 0.15) is 252 Å². The number of hydrogen-bond acceptors (Lipinski definition) is 6. The standard InChI is InChI=1S/C61H102O6/c1-4-7-10-13-16-19-22-25-28-30-33-36-39-42-45-48-51-54-60(63)66-57-58(56-65-59(62)53-50-47-44-41-38-35-32-27-24-21-18-15-12-9-6-3)67-61(64)55-52-49-46-43-40-37-34-31-29-26-23-20-17-14-11-8-5-2/h16-17,19-21,24-26,28-29,33-34,36-37,42,45,58H,4-15,18,22-23,27,30-32,35,38-41,43-44,46-57H2,1-3H3/b19-16+,20-17+,24-21+,28-25+,29-26+,36-33+,37-34+,45-42+/t58-/m1/s1. The maximum atomic E-state index is 12.8. The highest BCUT2D eigenvalue weighted by atomic mass is 16.6. The molecule has 0 aliphatic rings. The van der Waals surface area contributed by atoms with Gasteiger partial charge in [-0.15, -0.1) is 0 Å². The number of carbonyl (C=O) groups excluding carboxylic acids is 3. The summed E-state index contributed by atoms with van der Waals surface area (Å²) in [7, 11) is 0. The molecule has 0 saturated heterocycles. The summed E-state index contributed by atoms with van der Waals surface area (Å²) in [5, 5.41) is 0. The van der Waals surface area contributed by atoms with E-state index in [4.69, 9.17) is 14.2 Å². The first kappa shape index (κ1) is 63.3. The first-order valence-electron chi connectivity index (χ1n) is 27.7. The average Bonchev–Trinajstić information content (AvgIpc) is 3.33. The summed E-state index contributed by atoms with van der Waals surface area (Å²) in [6.45, 7) is 6.50. The van der Waals surface area contributed by atoms with Crippen LogP contribution in [0.5, 0.6) is 0 Å². The van der Waals surface area contributed by atoms with Gasteiger partial charge in [0.15, 0.2) is 6.10 Å². The van der Waals surface area contributed by atoms with Crippen molar-refractivity contribution >= 4 is 17.9 Å². The second-order valence-corrected chi connectivity index (χ2v) is 18.1. The van der Waals surface area contributed by atoms with Crippen LogP contribution in [0, 0.1) is 0 Å². The maximum Gasteiger partial charge on any atom is 0.306 e. The third-order valence-electron chi connectivity index (χ3n) is 11.5. The van der Waals surface area contributed by atoms with Crippen LogP contribution in [0.15, 0.2) is 97.2 Å². The summed E-state index contributed by atoms with van der Waals surface area (Å²) in [4.78, 5) is 38.1. The molecule has 0 aromatic carbocycles. The maximum absolute atomic E-state index is 12.8. The molecular weight excluding hydrogens is 829 g/mol. The van der Waals surface area contributed by atoms with Gasteiger partial charge in [-0.2, -0.15) is 0 Å². The Labute approximate surface area is 413 Å². The van der Waals surface area contributed by atoms with E-state index in [1.807, 2.05) is 0 Å². The fourth-order valence-corrected chi connectivity index (χ4v) is 7.32. The van der Waals surface area contributed by atoms with Crippen LogP contribution in [-0.2, 0) is 28.6 Å². The second-order valence-electron chi connectivity index (χ2n) is 18.1. The molecule has 0 saturated carbocycles. The Morgan fingerprint density at radius 2 is 0.552 bits per heavy atom. The monoisotopic (exact) mass is 931 g/mol. The van der Waals surface area contributed by atoms with Crippen LogP contribution in [0.2, 0.25) is 0 Å². The minimum absolute atomic E-state index is 0.107. The normalized spacial score (nSPS) is 12.8. The molecule has 0 spiro atoms. The molecule has 0 fully saturated rings.